The number of carbonyl (C=O) groups excluding carboxylic acids is 1. The van der Waals surface area contributed by atoms with E-state index in [0.717, 1.165) is 18.4 Å². The van der Waals surface area contributed by atoms with E-state index >= 15 is 0 Å². The molecule has 1 N–H and O–H groups in total. The number of aromatic nitrogens is 2. The zero-order valence-corrected chi connectivity index (χ0v) is 15.3. The molecule has 8 heteroatoms. The van der Waals surface area contributed by atoms with Crippen molar-refractivity contribution in [1.82, 2.24) is 20.4 Å². The van der Waals surface area contributed by atoms with Crippen molar-refractivity contribution < 1.29 is 18.8 Å². The molecular formula is C19H24N4O4. The first kappa shape index (κ1) is 17.9. The minimum Gasteiger partial charge on any atom is -0.373 e. The first-order valence-corrected chi connectivity index (χ1v) is 9.33. The van der Waals surface area contributed by atoms with Gasteiger partial charge in [0.25, 0.3) is 0 Å². The zero-order chi connectivity index (χ0) is 18.6. The molecule has 0 bridgehead atoms. The Kier molecular flexibility index (Phi) is 5.35. The Morgan fingerprint density at radius 3 is 2.78 bits per heavy atom. The van der Waals surface area contributed by atoms with Crippen LogP contribution in [0.4, 0.5) is 4.79 Å². The molecule has 0 saturated carbocycles. The topological polar surface area (TPSA) is 89.7 Å². The van der Waals surface area contributed by atoms with Crippen LogP contribution >= 0.6 is 0 Å². The number of urea groups is 1. The summed E-state index contributed by atoms with van der Waals surface area (Å²) < 4.78 is 16.6. The van der Waals surface area contributed by atoms with E-state index in [1.807, 2.05) is 18.2 Å². The van der Waals surface area contributed by atoms with E-state index < -0.39 is 0 Å². The van der Waals surface area contributed by atoms with Crippen molar-refractivity contribution in [3.63, 3.8) is 0 Å². The van der Waals surface area contributed by atoms with Crippen LogP contribution in [-0.4, -0.2) is 53.4 Å². The average Bonchev–Trinajstić information content (AvgIpc) is 3.15. The molecule has 2 aliphatic heterocycles. The Hall–Kier alpha value is -2.45. The number of carbonyl (C=O) groups is 1. The summed E-state index contributed by atoms with van der Waals surface area (Å²) in [4.78, 5) is 18.7. The maximum absolute atomic E-state index is 12.7. The van der Waals surface area contributed by atoms with E-state index in [1.54, 1.807) is 11.8 Å². The zero-order valence-electron chi connectivity index (χ0n) is 15.3. The molecule has 1 aromatic carbocycles. The van der Waals surface area contributed by atoms with Crippen LogP contribution in [0.25, 0.3) is 0 Å². The molecule has 4 rings (SSSR count). The van der Waals surface area contributed by atoms with Crippen molar-refractivity contribution in [3.05, 3.63) is 47.6 Å². The highest BCUT2D eigenvalue weighted by atomic mass is 16.5. The van der Waals surface area contributed by atoms with E-state index in [4.69, 9.17) is 14.0 Å². The highest BCUT2D eigenvalue weighted by molar-refractivity contribution is 5.74. The molecule has 27 heavy (non-hydrogen) atoms. The minimum absolute atomic E-state index is 0.0185. The van der Waals surface area contributed by atoms with Crippen molar-refractivity contribution in [1.29, 1.82) is 0 Å². The third-order valence-corrected chi connectivity index (χ3v) is 4.97. The molecule has 3 heterocycles. The second kappa shape index (κ2) is 8.06. The molecule has 2 amide bonds. The molecule has 8 nitrogen and oxygen atoms in total. The lowest BCUT2D eigenvalue weighted by Crippen LogP contribution is -2.51. The van der Waals surface area contributed by atoms with Gasteiger partial charge in [-0.15, -0.1) is 0 Å². The van der Waals surface area contributed by atoms with Gasteiger partial charge in [0.05, 0.1) is 19.3 Å². The number of ether oxygens (including phenoxy) is 2. The summed E-state index contributed by atoms with van der Waals surface area (Å²) in [5.41, 5.74) is 1.15. The number of morpholine rings is 1. The van der Waals surface area contributed by atoms with Gasteiger partial charge in [-0.05, 0) is 18.4 Å². The predicted molar refractivity (Wildman–Crippen MR) is 96.0 cm³/mol. The molecule has 144 valence electrons. The Morgan fingerprint density at radius 1 is 1.19 bits per heavy atom. The number of hydrogen-bond donors (Lipinski definition) is 1. The first-order valence-electron chi connectivity index (χ1n) is 9.33. The van der Waals surface area contributed by atoms with Gasteiger partial charge >= 0.3 is 6.03 Å². The van der Waals surface area contributed by atoms with Gasteiger partial charge in [-0.25, -0.2) is 4.79 Å². The molecule has 0 radical (unpaired) electrons. The van der Waals surface area contributed by atoms with E-state index in [1.165, 1.54) is 0 Å². The summed E-state index contributed by atoms with van der Waals surface area (Å²) in [6, 6.07) is 10.1. The standard InChI is InChI=1S/C19H24N4O4/c1-13-20-18(22-27-13)17-12-23(8-10-26-17)19(24)21-15-7-9-25-16(11-15)14-5-3-2-4-6-14/h2-6,15-17H,7-12H2,1H3,(H,21,24). The second-order valence-corrected chi connectivity index (χ2v) is 6.92. The number of nitrogens with zero attached hydrogens (tertiary/aromatic N) is 3. The lowest BCUT2D eigenvalue weighted by Gasteiger charge is -2.35. The van der Waals surface area contributed by atoms with E-state index in [9.17, 15) is 4.79 Å². The molecule has 0 aliphatic carbocycles. The van der Waals surface area contributed by atoms with E-state index in [2.05, 4.69) is 27.6 Å². The third kappa shape index (κ3) is 4.28. The Labute approximate surface area is 157 Å². The number of benzene rings is 1. The fraction of sp³-hybridized carbons (Fsp3) is 0.526. The van der Waals surface area contributed by atoms with Crippen LogP contribution in [-0.2, 0) is 9.47 Å². The molecule has 3 unspecified atom stereocenters. The fourth-order valence-corrected chi connectivity index (χ4v) is 3.53. The third-order valence-electron chi connectivity index (χ3n) is 4.97. The number of rotatable bonds is 3. The normalized spacial score (nSPS) is 26.0. The lowest BCUT2D eigenvalue weighted by atomic mass is 9.97. The smallest absolute Gasteiger partial charge is 0.317 e. The van der Waals surface area contributed by atoms with Gasteiger partial charge in [-0.3, -0.25) is 0 Å². The van der Waals surface area contributed by atoms with Gasteiger partial charge < -0.3 is 24.2 Å². The molecule has 2 saturated heterocycles. The minimum atomic E-state index is -0.353. The Morgan fingerprint density at radius 2 is 2.00 bits per heavy atom. The number of nitrogens with one attached hydrogen (secondary N) is 1. The van der Waals surface area contributed by atoms with Crippen LogP contribution < -0.4 is 5.32 Å². The van der Waals surface area contributed by atoms with Crippen LogP contribution in [0.5, 0.6) is 0 Å². The highest BCUT2D eigenvalue weighted by Crippen LogP contribution is 2.28. The van der Waals surface area contributed by atoms with Gasteiger partial charge in [0.1, 0.15) is 6.10 Å². The first-order chi connectivity index (χ1) is 13.2. The summed E-state index contributed by atoms with van der Waals surface area (Å²) in [5.74, 6) is 0.976. The molecule has 0 spiro atoms. The van der Waals surface area contributed by atoms with E-state index in [-0.39, 0.29) is 24.3 Å². The van der Waals surface area contributed by atoms with Crippen molar-refractivity contribution in [2.45, 2.75) is 38.0 Å². The molecule has 2 aromatic rings. The van der Waals surface area contributed by atoms with Crippen molar-refractivity contribution >= 4 is 6.03 Å². The second-order valence-electron chi connectivity index (χ2n) is 6.92. The Bertz CT molecular complexity index is 766. The van der Waals surface area contributed by atoms with Crippen LogP contribution in [0.15, 0.2) is 34.9 Å². The number of hydrogen-bond acceptors (Lipinski definition) is 6. The maximum atomic E-state index is 12.7. The van der Waals surface area contributed by atoms with Gasteiger partial charge in [0.15, 0.2) is 0 Å². The predicted octanol–water partition coefficient (Wildman–Crippen LogP) is 2.38. The summed E-state index contributed by atoms with van der Waals surface area (Å²) in [5, 5.41) is 7.06. The fourth-order valence-electron chi connectivity index (χ4n) is 3.53. The number of aryl methyl sites for hydroxylation is 1. The summed E-state index contributed by atoms with van der Waals surface area (Å²) in [7, 11) is 0. The molecule has 2 fully saturated rings. The molecule has 1 aromatic heterocycles. The highest BCUT2D eigenvalue weighted by Gasteiger charge is 2.31. The molecule has 2 aliphatic rings. The molecular weight excluding hydrogens is 348 g/mol. The monoisotopic (exact) mass is 372 g/mol. The average molecular weight is 372 g/mol. The largest absolute Gasteiger partial charge is 0.373 e. The Balaban J connectivity index is 1.34. The molecule has 3 atom stereocenters. The van der Waals surface area contributed by atoms with Gasteiger partial charge in [0.2, 0.25) is 11.7 Å². The van der Waals surface area contributed by atoms with E-state index in [0.29, 0.717) is 38.0 Å². The quantitative estimate of drug-likeness (QED) is 0.890. The van der Waals surface area contributed by atoms with Crippen LogP contribution in [0.2, 0.25) is 0 Å². The van der Waals surface area contributed by atoms with Gasteiger partial charge in [-0.2, -0.15) is 4.98 Å². The van der Waals surface area contributed by atoms with Crippen molar-refractivity contribution in [2.75, 3.05) is 26.3 Å². The SMILES string of the molecule is Cc1nc(C2CN(C(=O)NC3CCOC(c4ccccc4)C3)CCO2)no1. The maximum Gasteiger partial charge on any atom is 0.317 e. The summed E-state index contributed by atoms with van der Waals surface area (Å²) in [6.45, 7) is 3.78. The summed E-state index contributed by atoms with van der Waals surface area (Å²) >= 11 is 0. The van der Waals surface area contributed by atoms with Gasteiger partial charge in [-0.1, -0.05) is 35.5 Å². The van der Waals surface area contributed by atoms with Gasteiger partial charge in [0, 0.05) is 26.1 Å². The number of amides is 2. The summed E-state index contributed by atoms with van der Waals surface area (Å²) in [6.07, 6.45) is 1.25. The van der Waals surface area contributed by atoms with Crippen LogP contribution in [0.3, 0.4) is 0 Å². The lowest BCUT2D eigenvalue weighted by molar-refractivity contribution is -0.0242. The van der Waals surface area contributed by atoms with Crippen molar-refractivity contribution in [3.8, 4) is 0 Å². The van der Waals surface area contributed by atoms with Crippen LogP contribution in [0, 0.1) is 6.92 Å². The van der Waals surface area contributed by atoms with Crippen molar-refractivity contribution in [2.24, 2.45) is 0 Å². The van der Waals surface area contributed by atoms with Crippen LogP contribution in [0.1, 0.15) is 42.3 Å².